The van der Waals surface area contributed by atoms with Crippen LogP contribution in [0.5, 0.6) is 0 Å². The summed E-state index contributed by atoms with van der Waals surface area (Å²) in [7, 11) is 0. The Labute approximate surface area is 167 Å². The van der Waals surface area contributed by atoms with Crippen molar-refractivity contribution < 1.29 is 5.48 Å². The standard InChI is InChI=1S/C25H24N2/c1-17-11-7-10-16-23(17)26-18(2)24-21-14-8-9-15-22(21)25(27(24)19(26)3)20-12-5-4-6-13-20/h4-16,19,25H,1-3H3/i3D3,25D. The molecule has 2 unspecified atom stereocenters. The minimum atomic E-state index is -2.34. The quantitative estimate of drug-likeness (QED) is 0.559. The molecule has 0 aromatic heterocycles. The highest BCUT2D eigenvalue weighted by Crippen LogP contribution is 2.52. The fraction of sp³-hybridized carbons (Fsp3) is 0.200. The monoisotopic (exact) mass is 356 g/mol. The van der Waals surface area contributed by atoms with Crippen LogP contribution in [-0.4, -0.2) is 11.1 Å². The van der Waals surface area contributed by atoms with Gasteiger partial charge in [-0.2, -0.15) is 0 Å². The van der Waals surface area contributed by atoms with Crippen molar-refractivity contribution in [2.75, 3.05) is 4.90 Å². The van der Waals surface area contributed by atoms with Gasteiger partial charge in [0.05, 0.1) is 13.1 Å². The van der Waals surface area contributed by atoms with Crippen LogP contribution in [0.25, 0.3) is 5.70 Å². The summed E-state index contributed by atoms with van der Waals surface area (Å²) in [5.74, 6) is 0. The first-order chi connectivity index (χ1) is 14.8. The molecule has 2 aliphatic rings. The van der Waals surface area contributed by atoms with E-state index in [1.54, 1.807) is 0 Å². The van der Waals surface area contributed by atoms with Crippen molar-refractivity contribution in [3.8, 4) is 0 Å². The second kappa shape index (κ2) is 6.02. The van der Waals surface area contributed by atoms with Crippen LogP contribution in [0.4, 0.5) is 5.69 Å². The van der Waals surface area contributed by atoms with Gasteiger partial charge < -0.3 is 9.80 Å². The molecule has 0 saturated heterocycles. The topological polar surface area (TPSA) is 6.48 Å². The Morgan fingerprint density at radius 2 is 1.56 bits per heavy atom. The number of allylic oxidation sites excluding steroid dienone is 1. The van der Waals surface area contributed by atoms with E-state index in [2.05, 4.69) is 0 Å². The largest absolute Gasteiger partial charge is 0.338 e. The molecule has 2 heterocycles. The van der Waals surface area contributed by atoms with Gasteiger partial charge in [-0.1, -0.05) is 72.8 Å². The van der Waals surface area contributed by atoms with Crippen LogP contribution in [0, 0.1) is 6.92 Å². The molecular weight excluding hydrogens is 328 g/mol. The third kappa shape index (κ3) is 2.26. The predicted octanol–water partition coefficient (Wildman–Crippen LogP) is 5.95. The van der Waals surface area contributed by atoms with Gasteiger partial charge in [0, 0.05) is 21.1 Å². The lowest BCUT2D eigenvalue weighted by molar-refractivity contribution is 0.297. The maximum Gasteiger partial charge on any atom is 0.104 e. The first kappa shape index (κ1) is 12.4. The van der Waals surface area contributed by atoms with E-state index >= 15 is 0 Å². The molecule has 2 atom stereocenters. The number of nitrogens with zero attached hydrogens (tertiary/aromatic N) is 2. The minimum Gasteiger partial charge on any atom is -0.338 e. The van der Waals surface area contributed by atoms with Gasteiger partial charge >= 0.3 is 0 Å². The Bertz CT molecular complexity index is 1190. The van der Waals surface area contributed by atoms with Gasteiger partial charge in [0.15, 0.2) is 0 Å². The summed E-state index contributed by atoms with van der Waals surface area (Å²) in [5.41, 5.74) is 6.02. The van der Waals surface area contributed by atoms with Crippen molar-refractivity contribution in [3.05, 3.63) is 107 Å². The lowest BCUT2D eigenvalue weighted by Gasteiger charge is -2.35. The summed E-state index contributed by atoms with van der Waals surface area (Å²) >= 11 is 0. The number of anilines is 1. The number of para-hydroxylation sites is 1. The molecule has 0 bridgehead atoms. The van der Waals surface area contributed by atoms with E-state index in [9.17, 15) is 1.37 Å². The van der Waals surface area contributed by atoms with Crippen molar-refractivity contribution in [2.45, 2.75) is 32.9 Å². The second-order valence-electron chi connectivity index (χ2n) is 7.09. The normalized spacial score (nSPS) is 26.2. The fourth-order valence-corrected chi connectivity index (χ4v) is 4.33. The van der Waals surface area contributed by atoms with Crippen LogP contribution in [0.15, 0.2) is 84.6 Å². The summed E-state index contributed by atoms with van der Waals surface area (Å²) in [5, 5.41) is 0. The van der Waals surface area contributed by atoms with Gasteiger partial charge in [-0.3, -0.25) is 0 Å². The fourth-order valence-electron chi connectivity index (χ4n) is 4.33. The summed E-state index contributed by atoms with van der Waals surface area (Å²) in [6.45, 7) is 1.62. The van der Waals surface area contributed by atoms with Crippen molar-refractivity contribution in [2.24, 2.45) is 0 Å². The van der Waals surface area contributed by atoms with Crippen molar-refractivity contribution >= 4 is 11.4 Å². The third-order valence-electron chi connectivity index (χ3n) is 5.53. The molecule has 0 fully saturated rings. The Hall–Kier alpha value is -3.00. The lowest BCUT2D eigenvalue weighted by atomic mass is 9.97. The van der Waals surface area contributed by atoms with E-state index in [4.69, 9.17) is 4.11 Å². The Morgan fingerprint density at radius 3 is 2.33 bits per heavy atom. The molecule has 134 valence electrons. The van der Waals surface area contributed by atoms with Gasteiger partial charge in [-0.05, 0) is 43.5 Å². The molecule has 2 aliphatic heterocycles. The molecule has 0 N–H and O–H groups in total. The number of rotatable bonds is 2. The average Bonchev–Trinajstić information content (AvgIpc) is 3.21. The number of fused-ring (bicyclic) bond motifs is 3. The predicted molar refractivity (Wildman–Crippen MR) is 112 cm³/mol. The SMILES string of the molecule is [2H]C([2H])([2H])C1N(c2ccccc2C)C(C)=C2c3ccccc3C([2H])(c3ccccc3)N21. The Kier molecular flexibility index (Phi) is 2.76. The molecule has 0 saturated carbocycles. The number of hydrogen-bond acceptors (Lipinski definition) is 2. The maximum atomic E-state index is 9.75. The van der Waals surface area contributed by atoms with E-state index in [0.717, 1.165) is 39.3 Å². The Balaban J connectivity index is 1.84. The zero-order chi connectivity index (χ0) is 22.0. The number of hydrogen-bond donors (Lipinski definition) is 0. The van der Waals surface area contributed by atoms with Crippen molar-refractivity contribution in [1.29, 1.82) is 0 Å². The molecular formula is C25H24N2. The van der Waals surface area contributed by atoms with Crippen LogP contribution in [0.3, 0.4) is 0 Å². The molecule has 0 radical (unpaired) electrons. The highest BCUT2D eigenvalue weighted by Gasteiger charge is 2.45. The molecule has 2 nitrogen and oxygen atoms in total. The number of aryl methyl sites for hydroxylation is 1. The molecule has 2 heteroatoms. The lowest BCUT2D eigenvalue weighted by Crippen LogP contribution is -2.38. The smallest absolute Gasteiger partial charge is 0.104 e. The third-order valence-corrected chi connectivity index (χ3v) is 5.53. The van der Waals surface area contributed by atoms with Crippen LogP contribution in [-0.2, 0) is 0 Å². The van der Waals surface area contributed by atoms with Gasteiger partial charge in [0.25, 0.3) is 0 Å². The zero-order valence-corrected chi connectivity index (χ0v) is 15.5. The van der Waals surface area contributed by atoms with E-state index < -0.39 is 19.0 Å². The molecule has 3 aromatic rings. The van der Waals surface area contributed by atoms with Crippen LogP contribution in [0.2, 0.25) is 0 Å². The summed E-state index contributed by atoms with van der Waals surface area (Å²) in [6.07, 6.45) is -0.992. The van der Waals surface area contributed by atoms with Crippen molar-refractivity contribution in [1.82, 2.24) is 4.90 Å². The summed E-state index contributed by atoms with van der Waals surface area (Å²) in [6, 6.07) is 23.9. The molecule has 5 rings (SSSR count). The second-order valence-corrected chi connectivity index (χ2v) is 7.09. The van der Waals surface area contributed by atoms with Gasteiger partial charge in [-0.25, -0.2) is 0 Å². The molecule has 0 amide bonds. The van der Waals surface area contributed by atoms with Crippen molar-refractivity contribution in [3.63, 3.8) is 0 Å². The zero-order valence-electron chi connectivity index (χ0n) is 19.5. The molecule has 0 spiro atoms. The van der Waals surface area contributed by atoms with Crippen LogP contribution >= 0.6 is 0 Å². The van der Waals surface area contributed by atoms with E-state index in [1.807, 2.05) is 103 Å². The van der Waals surface area contributed by atoms with E-state index in [-0.39, 0.29) is 0 Å². The average molecular weight is 357 g/mol. The maximum absolute atomic E-state index is 9.75. The number of benzene rings is 3. The molecule has 27 heavy (non-hydrogen) atoms. The first-order valence-electron chi connectivity index (χ1n) is 11.3. The van der Waals surface area contributed by atoms with Crippen LogP contribution in [0.1, 0.15) is 47.5 Å². The van der Waals surface area contributed by atoms with Gasteiger partial charge in [-0.15, -0.1) is 0 Å². The highest BCUT2D eigenvalue weighted by molar-refractivity contribution is 5.82. The molecule has 0 aliphatic carbocycles. The Morgan fingerprint density at radius 1 is 0.852 bits per heavy atom. The van der Waals surface area contributed by atoms with Gasteiger partial charge in [0.1, 0.15) is 6.17 Å². The summed E-state index contributed by atoms with van der Waals surface area (Å²) in [4.78, 5) is 3.71. The minimum absolute atomic E-state index is 0.756. The first-order valence-corrected chi connectivity index (χ1v) is 9.26. The summed E-state index contributed by atoms with van der Waals surface area (Å²) < 4.78 is 35.3. The van der Waals surface area contributed by atoms with E-state index in [1.165, 1.54) is 0 Å². The van der Waals surface area contributed by atoms with E-state index in [0.29, 0.717) is 0 Å². The highest BCUT2D eigenvalue weighted by atomic mass is 15.4. The van der Waals surface area contributed by atoms with Gasteiger partial charge in [0.2, 0.25) is 0 Å². The molecule has 3 aromatic carbocycles. The van der Waals surface area contributed by atoms with Crippen LogP contribution < -0.4 is 4.90 Å².